The summed E-state index contributed by atoms with van der Waals surface area (Å²) in [6.07, 6.45) is 1.72. The van der Waals surface area contributed by atoms with Gasteiger partial charge >= 0.3 is 28.0 Å². The zero-order valence-corrected chi connectivity index (χ0v) is 15.8. The maximum atomic E-state index is 12.2. The molecular formula is C15H26AsNO7. The average Bonchev–Trinajstić information content (AvgIpc) is 2.40. The molecule has 0 radical (unpaired) electrons. The van der Waals surface area contributed by atoms with Crippen molar-refractivity contribution in [1.29, 1.82) is 0 Å². The van der Waals surface area contributed by atoms with Crippen molar-refractivity contribution in [2.45, 2.75) is 52.1 Å². The summed E-state index contributed by atoms with van der Waals surface area (Å²) in [5.74, 6) is -0.499. The second-order valence-corrected chi connectivity index (χ2v) is 7.93. The van der Waals surface area contributed by atoms with E-state index in [9.17, 15) is 19.5 Å². The summed E-state index contributed by atoms with van der Waals surface area (Å²) in [6.45, 7) is 4.01. The second-order valence-electron chi connectivity index (χ2n) is 6.80. The average molecular weight is 407 g/mol. The van der Waals surface area contributed by atoms with E-state index in [4.69, 9.17) is 12.3 Å². The number of aliphatic hydroxyl groups excluding tert-OH is 1. The minimum absolute atomic E-state index is 0.00492. The number of imide groups is 1. The standard InChI is InChI=1S/C15H23NO4.AsH3O3/c1-8-3-9(2)15(20)11(4-8)12(17)5-10-6-13(18)16-14(19)7-10;2-1(3)4/h8-12,17H,3-7H2,1-2H3,(H,16,18,19);2-4H/t8-,9-,11-,12+;/m0./s1. The summed E-state index contributed by atoms with van der Waals surface area (Å²) in [6, 6.07) is 0. The number of Topliss-reactive ketones (excluding diaryl/α,β-unsaturated/α-hetero) is 1. The van der Waals surface area contributed by atoms with Gasteiger partial charge in [0.15, 0.2) is 0 Å². The molecule has 1 aliphatic heterocycles. The normalized spacial score (nSPS) is 29.8. The van der Waals surface area contributed by atoms with Crippen LogP contribution in [0.4, 0.5) is 0 Å². The predicted molar refractivity (Wildman–Crippen MR) is 85.0 cm³/mol. The number of carbonyl (C=O) groups excluding carboxylic acids is 3. The number of aliphatic hydroxyl groups is 1. The molecule has 4 atom stereocenters. The molecular weight excluding hydrogens is 381 g/mol. The Balaban J connectivity index is 0.000000648. The fourth-order valence-electron chi connectivity index (χ4n) is 3.60. The molecule has 0 aromatic heterocycles. The van der Waals surface area contributed by atoms with Gasteiger partial charge in [-0.25, -0.2) is 0 Å². The molecule has 2 aliphatic rings. The van der Waals surface area contributed by atoms with Gasteiger partial charge in [-0.3, -0.25) is 19.7 Å². The minimum atomic E-state index is -3.19. The summed E-state index contributed by atoms with van der Waals surface area (Å²) in [4.78, 5) is 34.8. The van der Waals surface area contributed by atoms with Gasteiger partial charge in [0, 0.05) is 24.7 Å². The number of amides is 2. The fourth-order valence-corrected chi connectivity index (χ4v) is 3.60. The number of nitrogens with one attached hydrogen (secondary N) is 1. The molecule has 1 saturated heterocycles. The van der Waals surface area contributed by atoms with E-state index in [0.717, 1.165) is 6.42 Å². The van der Waals surface area contributed by atoms with E-state index in [2.05, 4.69) is 12.2 Å². The summed E-state index contributed by atoms with van der Waals surface area (Å²) >= 11 is -3.19. The molecule has 2 amide bonds. The van der Waals surface area contributed by atoms with Crippen molar-refractivity contribution in [2.75, 3.05) is 0 Å². The Hall–Kier alpha value is -0.792. The maximum absolute atomic E-state index is 12.2. The molecule has 138 valence electrons. The van der Waals surface area contributed by atoms with Crippen LogP contribution in [0, 0.1) is 23.7 Å². The van der Waals surface area contributed by atoms with Gasteiger partial charge in [0.05, 0.1) is 6.10 Å². The van der Waals surface area contributed by atoms with E-state index < -0.39 is 21.8 Å². The third-order valence-electron chi connectivity index (χ3n) is 4.53. The topological polar surface area (TPSA) is 144 Å². The number of hydrogen-bond acceptors (Lipinski definition) is 7. The number of piperidine rings is 1. The molecule has 0 aromatic rings. The van der Waals surface area contributed by atoms with Crippen molar-refractivity contribution in [1.82, 2.24) is 5.32 Å². The van der Waals surface area contributed by atoms with Gasteiger partial charge in [-0.1, -0.05) is 13.8 Å². The fraction of sp³-hybridized carbons (Fsp3) is 0.800. The molecule has 1 heterocycles. The number of ketones is 1. The van der Waals surface area contributed by atoms with Crippen LogP contribution in [0.2, 0.25) is 0 Å². The first-order chi connectivity index (χ1) is 11.1. The van der Waals surface area contributed by atoms with Crippen LogP contribution < -0.4 is 5.32 Å². The molecule has 24 heavy (non-hydrogen) atoms. The van der Waals surface area contributed by atoms with E-state index >= 15 is 0 Å². The van der Waals surface area contributed by atoms with Gasteiger partial charge < -0.3 is 5.11 Å². The zero-order valence-electron chi connectivity index (χ0n) is 13.9. The van der Waals surface area contributed by atoms with Gasteiger partial charge in [-0.15, -0.1) is 0 Å². The molecule has 1 saturated carbocycles. The molecule has 9 heteroatoms. The molecule has 5 N–H and O–H groups in total. The van der Waals surface area contributed by atoms with E-state index in [1.807, 2.05) is 6.92 Å². The van der Waals surface area contributed by atoms with Crippen LogP contribution in [-0.2, 0) is 14.4 Å². The van der Waals surface area contributed by atoms with Crippen molar-refractivity contribution in [3.63, 3.8) is 0 Å². The van der Waals surface area contributed by atoms with Crippen molar-refractivity contribution < 1.29 is 31.8 Å². The molecule has 0 aromatic carbocycles. The first-order valence-electron chi connectivity index (χ1n) is 8.01. The first kappa shape index (κ1) is 21.3. The van der Waals surface area contributed by atoms with Crippen molar-refractivity contribution >= 4 is 33.3 Å². The van der Waals surface area contributed by atoms with E-state index in [-0.39, 0.29) is 48.2 Å². The van der Waals surface area contributed by atoms with Crippen LogP contribution >= 0.6 is 0 Å². The second kappa shape index (κ2) is 9.63. The Kier molecular flexibility index (Phi) is 8.53. The van der Waals surface area contributed by atoms with Crippen LogP contribution in [0.5, 0.6) is 0 Å². The number of hydrogen-bond donors (Lipinski definition) is 5. The molecule has 1 aliphatic carbocycles. The summed E-state index contributed by atoms with van der Waals surface area (Å²) in [5, 5.41) is 12.6. The van der Waals surface area contributed by atoms with Crippen molar-refractivity contribution in [3.05, 3.63) is 0 Å². The Morgan fingerprint density at radius 3 is 2.08 bits per heavy atom. The Morgan fingerprint density at radius 1 is 1.08 bits per heavy atom. The first-order valence-corrected chi connectivity index (χ1v) is 10.5. The third kappa shape index (κ3) is 6.99. The number of rotatable bonds is 3. The summed E-state index contributed by atoms with van der Waals surface area (Å²) in [7, 11) is 0. The summed E-state index contributed by atoms with van der Waals surface area (Å²) in [5.41, 5.74) is 0. The van der Waals surface area contributed by atoms with Crippen LogP contribution in [-0.4, -0.2) is 56.8 Å². The van der Waals surface area contributed by atoms with E-state index in [1.54, 1.807) is 0 Å². The number of carbonyl (C=O) groups is 3. The van der Waals surface area contributed by atoms with Gasteiger partial charge in [-0.2, -0.15) is 0 Å². The van der Waals surface area contributed by atoms with Crippen LogP contribution in [0.1, 0.15) is 46.0 Å². The van der Waals surface area contributed by atoms with Crippen molar-refractivity contribution in [3.8, 4) is 0 Å². The quantitative estimate of drug-likeness (QED) is 0.298. The summed E-state index contributed by atoms with van der Waals surface area (Å²) < 4.78 is 21.9. The van der Waals surface area contributed by atoms with Crippen molar-refractivity contribution in [2.24, 2.45) is 23.7 Å². The molecule has 2 rings (SSSR count). The Labute approximate surface area is 146 Å². The molecule has 0 unspecified atom stereocenters. The third-order valence-corrected chi connectivity index (χ3v) is 4.53. The predicted octanol–water partition coefficient (Wildman–Crippen LogP) is -1.01. The van der Waals surface area contributed by atoms with Crippen LogP contribution in [0.25, 0.3) is 0 Å². The van der Waals surface area contributed by atoms with E-state index in [1.165, 1.54) is 0 Å². The van der Waals surface area contributed by atoms with Gasteiger partial charge in [0.1, 0.15) is 5.78 Å². The van der Waals surface area contributed by atoms with Gasteiger partial charge in [-0.05, 0) is 31.1 Å². The van der Waals surface area contributed by atoms with E-state index in [0.29, 0.717) is 18.8 Å². The Bertz CT molecular complexity index is 452. The molecule has 0 bridgehead atoms. The van der Waals surface area contributed by atoms with Crippen LogP contribution in [0.15, 0.2) is 0 Å². The monoisotopic (exact) mass is 407 g/mol. The van der Waals surface area contributed by atoms with Crippen LogP contribution in [0.3, 0.4) is 0 Å². The molecule has 0 spiro atoms. The zero-order chi connectivity index (χ0) is 18.4. The van der Waals surface area contributed by atoms with Gasteiger partial charge in [0.2, 0.25) is 11.8 Å². The SMILES string of the molecule is C[C@@H]1C[C@@H]([C@H](O)CC2CC(=O)NC(=O)C2)C(=O)[C@@H](C)C1.O[As](O)O. The van der Waals surface area contributed by atoms with Gasteiger partial charge in [0.25, 0.3) is 0 Å². The Morgan fingerprint density at radius 2 is 1.58 bits per heavy atom. The molecule has 2 fully saturated rings. The molecule has 8 nitrogen and oxygen atoms in total.